The van der Waals surface area contributed by atoms with E-state index in [2.05, 4.69) is 20.0 Å². The van der Waals surface area contributed by atoms with E-state index in [9.17, 15) is 29.7 Å². The van der Waals surface area contributed by atoms with Crippen LogP contribution in [0.1, 0.15) is 66.5 Å². The van der Waals surface area contributed by atoms with Crippen molar-refractivity contribution in [1.29, 1.82) is 0 Å². The second-order valence-corrected chi connectivity index (χ2v) is 16.8. The van der Waals surface area contributed by atoms with Gasteiger partial charge in [0, 0.05) is 63.3 Å². The fourth-order valence-electron chi connectivity index (χ4n) is 8.73. The second-order valence-electron chi connectivity index (χ2n) is 16.8. The van der Waals surface area contributed by atoms with E-state index < -0.39 is 12.2 Å². The number of phenolic OH excluding ortho intramolecular Hbond substituents is 2. The van der Waals surface area contributed by atoms with Crippen LogP contribution in [0, 0.1) is 6.92 Å². The van der Waals surface area contributed by atoms with Crippen molar-refractivity contribution in [1.82, 2.24) is 39.0 Å². The van der Waals surface area contributed by atoms with Crippen LogP contribution in [-0.2, 0) is 30.9 Å². The van der Waals surface area contributed by atoms with Crippen molar-refractivity contribution in [3.8, 4) is 51.7 Å². The van der Waals surface area contributed by atoms with Crippen molar-refractivity contribution in [2.75, 3.05) is 46.3 Å². The number of fused-ring (bicyclic) bond motifs is 4. The van der Waals surface area contributed by atoms with Crippen molar-refractivity contribution >= 4 is 23.2 Å². The first-order chi connectivity index (χ1) is 30.7. The summed E-state index contributed by atoms with van der Waals surface area (Å²) in [6.07, 6.45) is -0.460. The Balaban J connectivity index is 0.824. The van der Waals surface area contributed by atoms with Gasteiger partial charge in [0.2, 0.25) is 0 Å². The van der Waals surface area contributed by atoms with Gasteiger partial charge in [-0.05, 0) is 96.9 Å². The molecule has 3 aromatic carbocycles. The van der Waals surface area contributed by atoms with E-state index in [0.717, 1.165) is 67.8 Å². The van der Waals surface area contributed by atoms with Crippen LogP contribution in [0.2, 0.25) is 0 Å². The molecule has 334 valence electrons. The molecular formula is C47H52N8O9. The molecule has 0 atom stereocenters. The van der Waals surface area contributed by atoms with Crippen molar-refractivity contribution in [2.24, 2.45) is 0 Å². The lowest BCUT2D eigenvalue weighted by atomic mass is 9.98. The van der Waals surface area contributed by atoms with E-state index >= 15 is 0 Å². The van der Waals surface area contributed by atoms with Gasteiger partial charge >= 0.3 is 18.3 Å². The summed E-state index contributed by atoms with van der Waals surface area (Å²) in [5.74, 6) is 0.488. The standard InChI is InChI=1S/C47H52N8O9/c1-6-32-34-21-31(12-13-38(34)48-42-36(32)25-54-39(42)20-28(4)37(44(54)58)26-63-47(61)62)64-46(60)51(5)14-7-15-52-16-18-53(19-17-52)24-29-8-10-30(11-9-29)55-43(49-50-45(55)59)35-22-33(27(2)3)40(56)23-41(35)57/h8-13,20-23,27,56-57H,6-7,14-19,24-26H2,1-5H3,(H,50,59)(H,61,62). The molecule has 0 unspecified atom stereocenters. The molecule has 0 aliphatic carbocycles. The quantitative estimate of drug-likeness (QED) is 0.0899. The summed E-state index contributed by atoms with van der Waals surface area (Å²) < 4.78 is 13.6. The molecule has 0 saturated carbocycles. The van der Waals surface area contributed by atoms with Gasteiger partial charge in [-0.1, -0.05) is 38.0 Å². The number of amides is 1. The smallest absolute Gasteiger partial charge is 0.506 e. The van der Waals surface area contributed by atoms with Crippen molar-refractivity contribution in [3.63, 3.8) is 0 Å². The third-order valence-corrected chi connectivity index (χ3v) is 12.3. The number of carbonyl (C=O) groups is 2. The van der Waals surface area contributed by atoms with Gasteiger partial charge in [0.05, 0.1) is 40.3 Å². The van der Waals surface area contributed by atoms with Gasteiger partial charge in [0.1, 0.15) is 23.9 Å². The number of phenols is 2. The molecule has 2 aliphatic rings. The number of piperazine rings is 1. The summed E-state index contributed by atoms with van der Waals surface area (Å²) in [7, 11) is 1.73. The molecule has 17 heteroatoms. The highest BCUT2D eigenvalue weighted by Gasteiger charge is 2.28. The van der Waals surface area contributed by atoms with E-state index in [1.807, 2.05) is 63.2 Å². The molecule has 0 spiro atoms. The fourth-order valence-corrected chi connectivity index (χ4v) is 8.73. The molecule has 0 bridgehead atoms. The fraction of sp³-hybridized carbons (Fsp3) is 0.362. The number of aryl methyl sites for hydroxylation is 2. The third-order valence-electron chi connectivity index (χ3n) is 12.3. The Kier molecular flexibility index (Phi) is 12.3. The Labute approximate surface area is 369 Å². The van der Waals surface area contributed by atoms with Crippen LogP contribution < -0.4 is 10.3 Å². The lowest BCUT2D eigenvalue weighted by Crippen LogP contribution is -2.46. The Morgan fingerprint density at radius 2 is 1.64 bits per heavy atom. The lowest BCUT2D eigenvalue weighted by Gasteiger charge is -2.35. The Bertz CT molecular complexity index is 2810. The Morgan fingerprint density at radius 3 is 2.34 bits per heavy atom. The molecule has 6 aromatic rings. The number of rotatable bonds is 13. The van der Waals surface area contributed by atoms with E-state index in [4.69, 9.17) is 19.6 Å². The summed E-state index contributed by atoms with van der Waals surface area (Å²) in [6.45, 7) is 13.3. The number of hydrogen-bond donors (Lipinski definition) is 4. The SMILES string of the molecule is CCc1c2c(nc3ccc(OC(=O)N(C)CCCN4CCN(Cc5ccc(-n6c(O)nnc6-c6cc(C(C)C)c(O)cc6O)cc5)CC4)cc13)-c1cc(C)c(COC(=O)O)c(=O)n1C2. The number of aromatic hydroxyl groups is 3. The average molecular weight is 873 g/mol. The van der Waals surface area contributed by atoms with E-state index in [1.165, 1.54) is 10.6 Å². The summed E-state index contributed by atoms with van der Waals surface area (Å²) in [5.41, 5.74) is 7.38. The maximum atomic E-state index is 13.4. The predicted octanol–water partition coefficient (Wildman–Crippen LogP) is 6.62. The largest absolute Gasteiger partial charge is 0.508 e. The van der Waals surface area contributed by atoms with E-state index in [-0.39, 0.29) is 41.4 Å². The zero-order valence-electron chi connectivity index (χ0n) is 36.5. The number of ether oxygens (including phenoxy) is 2. The van der Waals surface area contributed by atoms with Gasteiger partial charge < -0.3 is 44.3 Å². The van der Waals surface area contributed by atoms with Crippen molar-refractivity contribution in [2.45, 2.75) is 66.2 Å². The van der Waals surface area contributed by atoms with Crippen LogP contribution in [0.15, 0.2) is 65.5 Å². The number of carboxylic acid groups (broad SMARTS) is 1. The molecule has 2 aliphatic heterocycles. The molecule has 5 heterocycles. The normalized spacial score (nSPS) is 13.9. The summed E-state index contributed by atoms with van der Waals surface area (Å²) in [6, 6.07) is 17.7. The summed E-state index contributed by atoms with van der Waals surface area (Å²) in [4.78, 5) is 49.0. The lowest BCUT2D eigenvalue weighted by molar-refractivity contribution is 0.0847. The zero-order chi connectivity index (χ0) is 45.4. The van der Waals surface area contributed by atoms with Crippen LogP contribution in [0.3, 0.4) is 0 Å². The van der Waals surface area contributed by atoms with Gasteiger partial charge in [-0.3, -0.25) is 9.69 Å². The highest BCUT2D eigenvalue weighted by atomic mass is 16.7. The van der Waals surface area contributed by atoms with Gasteiger partial charge in [-0.25, -0.2) is 19.1 Å². The molecule has 4 N–H and O–H groups in total. The molecule has 0 radical (unpaired) electrons. The van der Waals surface area contributed by atoms with Gasteiger partial charge in [0.25, 0.3) is 5.56 Å². The predicted molar refractivity (Wildman–Crippen MR) is 238 cm³/mol. The monoisotopic (exact) mass is 872 g/mol. The second kappa shape index (κ2) is 18.0. The average Bonchev–Trinajstić information content (AvgIpc) is 3.83. The van der Waals surface area contributed by atoms with Crippen molar-refractivity contribution in [3.05, 3.63) is 104 Å². The molecular weight excluding hydrogens is 821 g/mol. The molecule has 3 aromatic heterocycles. The Hall–Kier alpha value is -6.98. The molecule has 64 heavy (non-hydrogen) atoms. The van der Waals surface area contributed by atoms with Crippen LogP contribution in [0.5, 0.6) is 23.3 Å². The van der Waals surface area contributed by atoms with Gasteiger partial charge in [-0.15, -0.1) is 5.10 Å². The molecule has 1 fully saturated rings. The van der Waals surface area contributed by atoms with Gasteiger partial charge in [-0.2, -0.15) is 0 Å². The maximum Gasteiger partial charge on any atom is 0.506 e. The van der Waals surface area contributed by atoms with E-state index in [1.54, 1.807) is 35.6 Å². The van der Waals surface area contributed by atoms with Gasteiger partial charge in [0.15, 0.2) is 5.82 Å². The number of pyridine rings is 2. The summed E-state index contributed by atoms with van der Waals surface area (Å²) in [5, 5.41) is 49.4. The molecule has 8 rings (SSSR count). The minimum atomic E-state index is -1.44. The first-order valence-corrected chi connectivity index (χ1v) is 21.4. The van der Waals surface area contributed by atoms with Crippen molar-refractivity contribution < 1.29 is 39.5 Å². The third kappa shape index (κ3) is 8.68. The van der Waals surface area contributed by atoms with Crippen LogP contribution in [0.4, 0.5) is 9.59 Å². The summed E-state index contributed by atoms with van der Waals surface area (Å²) >= 11 is 0. The minimum absolute atomic E-state index is 0.0000728. The maximum absolute atomic E-state index is 13.4. The van der Waals surface area contributed by atoms with Crippen LogP contribution in [0.25, 0.3) is 39.4 Å². The first-order valence-electron chi connectivity index (χ1n) is 21.4. The Morgan fingerprint density at radius 1 is 0.906 bits per heavy atom. The molecule has 1 amide bonds. The number of nitrogens with zero attached hydrogens (tertiary/aromatic N) is 8. The number of carbonyl (C=O) groups excluding carboxylic acids is 1. The zero-order valence-corrected chi connectivity index (χ0v) is 36.5. The molecule has 17 nitrogen and oxygen atoms in total. The van der Waals surface area contributed by atoms with E-state index in [0.29, 0.717) is 70.1 Å². The molecule has 1 saturated heterocycles. The van der Waals surface area contributed by atoms with Crippen LogP contribution >= 0.6 is 0 Å². The number of hydrogen-bond acceptors (Lipinski definition) is 13. The topological polar surface area (TPSA) is 209 Å². The highest BCUT2D eigenvalue weighted by molar-refractivity contribution is 5.89. The minimum Gasteiger partial charge on any atom is -0.508 e. The van der Waals surface area contributed by atoms with Crippen LogP contribution in [-0.4, -0.2) is 118 Å². The number of benzene rings is 3. The first kappa shape index (κ1) is 43.7. The highest BCUT2D eigenvalue weighted by Crippen LogP contribution is 2.40. The number of aromatic nitrogens is 5.